The highest BCUT2D eigenvalue weighted by molar-refractivity contribution is 5.80. The maximum atomic E-state index is 11.9. The third-order valence-corrected chi connectivity index (χ3v) is 2.41. The predicted octanol–water partition coefficient (Wildman–Crippen LogP) is 2.23. The van der Waals surface area contributed by atoms with E-state index in [-0.39, 0.29) is 23.7 Å². The van der Waals surface area contributed by atoms with Gasteiger partial charge in [0.05, 0.1) is 20.1 Å². The lowest BCUT2D eigenvalue weighted by Crippen LogP contribution is -2.31. The highest BCUT2D eigenvalue weighted by Crippen LogP contribution is 2.17. The van der Waals surface area contributed by atoms with E-state index < -0.39 is 12.0 Å². The van der Waals surface area contributed by atoms with Crippen LogP contribution in [0.5, 0.6) is 0 Å². The summed E-state index contributed by atoms with van der Waals surface area (Å²) in [4.78, 5) is 27.5. The molecule has 0 spiro atoms. The number of methoxy groups -OCH3 is 1. The molecule has 0 saturated heterocycles. The smallest absolute Gasteiger partial charge is 0.331 e. The van der Waals surface area contributed by atoms with E-state index in [1.165, 1.54) is 7.11 Å². The van der Waals surface area contributed by atoms with Crippen LogP contribution in [0.2, 0.25) is 0 Å². The maximum absolute atomic E-state index is 11.9. The lowest BCUT2D eigenvalue weighted by molar-refractivity contribution is -0.147. The topological polar surface area (TPSA) is 65.0 Å². The number of ether oxygens (including phenoxy) is 2. The number of hydrogen-bond acceptors (Lipinski definition) is 5. The van der Waals surface area contributed by atoms with Crippen molar-refractivity contribution >= 4 is 18.2 Å². The van der Waals surface area contributed by atoms with Crippen molar-refractivity contribution in [3.63, 3.8) is 0 Å². The van der Waals surface area contributed by atoms with E-state index in [1.807, 2.05) is 20.8 Å². The second-order valence-corrected chi connectivity index (χ2v) is 5.60. The van der Waals surface area contributed by atoms with Gasteiger partial charge in [0.2, 0.25) is 0 Å². The van der Waals surface area contributed by atoms with Gasteiger partial charge < -0.3 is 9.47 Å². The Balaban J connectivity index is 4.90. The van der Waals surface area contributed by atoms with Crippen molar-refractivity contribution in [2.24, 2.45) is 16.3 Å². The van der Waals surface area contributed by atoms with Crippen LogP contribution in [-0.2, 0) is 19.1 Å². The summed E-state index contributed by atoms with van der Waals surface area (Å²) < 4.78 is 9.61. The molecule has 0 aliphatic carbocycles. The molecule has 0 saturated carbocycles. The van der Waals surface area contributed by atoms with Gasteiger partial charge in [-0.1, -0.05) is 27.7 Å². The molecule has 110 valence electrons. The number of hydrogen-bond donors (Lipinski definition) is 0. The van der Waals surface area contributed by atoms with Crippen molar-refractivity contribution in [3.8, 4) is 0 Å². The van der Waals surface area contributed by atoms with Crippen molar-refractivity contribution in [1.29, 1.82) is 0 Å². The molecule has 19 heavy (non-hydrogen) atoms. The first-order valence-corrected chi connectivity index (χ1v) is 6.49. The Labute approximate surface area is 115 Å². The minimum Gasteiger partial charge on any atom is -0.469 e. The van der Waals surface area contributed by atoms with Crippen molar-refractivity contribution < 1.29 is 19.1 Å². The van der Waals surface area contributed by atoms with Gasteiger partial charge in [0.25, 0.3) is 0 Å². The minimum absolute atomic E-state index is 0.129. The van der Waals surface area contributed by atoms with Crippen molar-refractivity contribution in [1.82, 2.24) is 0 Å². The van der Waals surface area contributed by atoms with Crippen LogP contribution < -0.4 is 0 Å². The Bertz CT molecular complexity index is 331. The average molecular weight is 271 g/mol. The molecule has 0 fully saturated rings. The first-order valence-electron chi connectivity index (χ1n) is 6.49. The Morgan fingerprint density at radius 2 is 1.89 bits per heavy atom. The molecule has 0 aliphatic heterocycles. The largest absolute Gasteiger partial charge is 0.469 e. The van der Waals surface area contributed by atoms with Crippen LogP contribution in [0.25, 0.3) is 0 Å². The van der Waals surface area contributed by atoms with E-state index in [0.29, 0.717) is 6.61 Å². The van der Waals surface area contributed by atoms with Gasteiger partial charge in [0, 0.05) is 6.21 Å². The number of carbonyl (C=O) groups excluding carboxylic acids is 2. The summed E-state index contributed by atoms with van der Waals surface area (Å²) in [6.07, 6.45) is 1.86. The Morgan fingerprint density at radius 3 is 2.32 bits per heavy atom. The first kappa shape index (κ1) is 17.6. The fourth-order valence-electron chi connectivity index (χ4n) is 1.43. The quantitative estimate of drug-likeness (QED) is 0.549. The van der Waals surface area contributed by atoms with Gasteiger partial charge in [0.1, 0.15) is 6.04 Å². The average Bonchev–Trinajstić information content (AvgIpc) is 2.27. The Kier molecular flexibility index (Phi) is 7.34. The zero-order valence-corrected chi connectivity index (χ0v) is 12.7. The molecule has 2 unspecified atom stereocenters. The zero-order valence-electron chi connectivity index (χ0n) is 12.7. The predicted molar refractivity (Wildman–Crippen MR) is 74.2 cm³/mol. The number of carbonyl (C=O) groups is 2. The summed E-state index contributed by atoms with van der Waals surface area (Å²) >= 11 is 0. The Morgan fingerprint density at radius 1 is 1.32 bits per heavy atom. The number of nitrogens with zero attached hydrogens (tertiary/aromatic N) is 1. The molecule has 0 N–H and O–H groups in total. The van der Waals surface area contributed by atoms with Crippen LogP contribution in [0, 0.1) is 11.3 Å². The van der Waals surface area contributed by atoms with Crippen molar-refractivity contribution in [3.05, 3.63) is 0 Å². The van der Waals surface area contributed by atoms with E-state index in [2.05, 4.69) is 9.73 Å². The van der Waals surface area contributed by atoms with Crippen molar-refractivity contribution in [2.45, 2.75) is 47.1 Å². The fourth-order valence-corrected chi connectivity index (χ4v) is 1.43. The molecule has 0 aliphatic rings. The number of aliphatic imine (C=N–C) groups is 1. The highest BCUT2D eigenvalue weighted by atomic mass is 16.5. The molecule has 5 heteroatoms. The summed E-state index contributed by atoms with van der Waals surface area (Å²) in [6, 6.07) is -0.668. The van der Waals surface area contributed by atoms with Gasteiger partial charge in [-0.3, -0.25) is 9.79 Å². The molecule has 0 bridgehead atoms. The highest BCUT2D eigenvalue weighted by Gasteiger charge is 2.28. The molecular formula is C14H25NO4. The summed E-state index contributed by atoms with van der Waals surface area (Å²) in [6.45, 7) is 9.80. The number of rotatable bonds is 6. The minimum atomic E-state index is -0.668. The van der Waals surface area contributed by atoms with Crippen molar-refractivity contribution in [2.75, 3.05) is 13.7 Å². The molecule has 0 heterocycles. The van der Waals surface area contributed by atoms with E-state index >= 15 is 0 Å². The molecule has 0 rings (SSSR count). The molecule has 0 aromatic heterocycles. The van der Waals surface area contributed by atoms with Gasteiger partial charge in [-0.25, -0.2) is 4.79 Å². The van der Waals surface area contributed by atoms with E-state index in [4.69, 9.17) is 4.74 Å². The molecular weight excluding hydrogens is 246 g/mol. The molecule has 0 aromatic carbocycles. The second kappa shape index (κ2) is 7.92. The summed E-state index contributed by atoms with van der Waals surface area (Å²) in [5, 5.41) is 0. The van der Waals surface area contributed by atoms with Gasteiger partial charge in [-0.2, -0.15) is 0 Å². The normalized spacial score (nSPS) is 15.1. The molecule has 5 nitrogen and oxygen atoms in total. The molecule has 0 radical (unpaired) electrons. The van der Waals surface area contributed by atoms with Gasteiger partial charge in [-0.15, -0.1) is 0 Å². The third kappa shape index (κ3) is 7.59. The van der Waals surface area contributed by atoms with E-state index in [0.717, 1.165) is 0 Å². The summed E-state index contributed by atoms with van der Waals surface area (Å²) in [5.41, 5.74) is -0.129. The van der Waals surface area contributed by atoms with E-state index in [9.17, 15) is 9.59 Å². The van der Waals surface area contributed by atoms with Crippen LogP contribution in [0.3, 0.4) is 0 Å². The van der Waals surface area contributed by atoms with Crippen LogP contribution in [0.4, 0.5) is 0 Å². The van der Waals surface area contributed by atoms with Crippen LogP contribution in [-0.4, -0.2) is 37.9 Å². The Hall–Kier alpha value is -1.39. The molecule has 0 amide bonds. The summed E-state index contributed by atoms with van der Waals surface area (Å²) in [7, 11) is 1.33. The SMILES string of the molecule is CCOC(=O)C(/N=C/C(C)(C)C)C(C)CC(=O)OC. The lowest BCUT2D eigenvalue weighted by atomic mass is 9.96. The van der Waals surface area contributed by atoms with Crippen LogP contribution >= 0.6 is 0 Å². The van der Waals surface area contributed by atoms with E-state index in [1.54, 1.807) is 20.1 Å². The van der Waals surface area contributed by atoms with Gasteiger partial charge >= 0.3 is 11.9 Å². The molecule has 2 atom stereocenters. The summed E-state index contributed by atoms with van der Waals surface area (Å²) in [5.74, 6) is -1.02. The standard InChI is InChI=1S/C14H25NO4/c1-7-19-13(17)12(15-9-14(3,4)5)10(2)8-11(16)18-6/h9-10,12H,7-8H2,1-6H3/b15-9+. The van der Waals surface area contributed by atoms with Gasteiger partial charge in [0.15, 0.2) is 0 Å². The third-order valence-electron chi connectivity index (χ3n) is 2.41. The van der Waals surface area contributed by atoms with Crippen LogP contribution in [0.1, 0.15) is 41.0 Å². The first-order chi connectivity index (χ1) is 8.71. The lowest BCUT2D eigenvalue weighted by Gasteiger charge is -2.19. The molecule has 0 aromatic rings. The maximum Gasteiger partial charge on any atom is 0.331 e. The second-order valence-electron chi connectivity index (χ2n) is 5.60. The number of esters is 2. The van der Waals surface area contributed by atoms with Crippen LogP contribution in [0.15, 0.2) is 4.99 Å². The monoisotopic (exact) mass is 271 g/mol. The fraction of sp³-hybridized carbons (Fsp3) is 0.786. The zero-order chi connectivity index (χ0) is 15.1. The van der Waals surface area contributed by atoms with Gasteiger partial charge in [-0.05, 0) is 18.3 Å².